The van der Waals surface area contributed by atoms with Crippen LogP contribution in [0.5, 0.6) is 0 Å². The molecule has 3 nitrogen and oxygen atoms in total. The van der Waals surface area contributed by atoms with Crippen LogP contribution in [0.25, 0.3) is 16.5 Å². The maximum Gasteiger partial charge on any atom is 0.229 e. The lowest BCUT2D eigenvalue weighted by Gasteiger charge is -2.39. The highest BCUT2D eigenvalue weighted by atomic mass is 35.5. The van der Waals surface area contributed by atoms with Crippen LogP contribution < -0.4 is 0 Å². The Morgan fingerprint density at radius 2 is 2.14 bits per heavy atom. The average molecular weight is 301 g/mol. The molecule has 1 aliphatic heterocycles. The third kappa shape index (κ3) is 1.81. The molecule has 0 N–H and O–H groups in total. The van der Waals surface area contributed by atoms with Crippen molar-refractivity contribution in [2.75, 3.05) is 13.6 Å². The fourth-order valence-electron chi connectivity index (χ4n) is 3.87. The zero-order valence-corrected chi connectivity index (χ0v) is 12.9. The molecule has 2 heterocycles. The summed E-state index contributed by atoms with van der Waals surface area (Å²) in [6.45, 7) is 0.703. The van der Waals surface area contributed by atoms with Crippen LogP contribution in [-0.2, 0) is 18.3 Å². The molecule has 4 rings (SSSR count). The maximum atomic E-state index is 11.6. The van der Waals surface area contributed by atoms with Crippen LogP contribution in [0.1, 0.15) is 11.1 Å². The number of aromatic nitrogens is 1. The zero-order chi connectivity index (χ0) is 14.7. The van der Waals surface area contributed by atoms with Crippen molar-refractivity contribution in [1.82, 2.24) is 9.47 Å². The van der Waals surface area contributed by atoms with E-state index >= 15 is 0 Å². The van der Waals surface area contributed by atoms with Crippen LogP contribution in [0.3, 0.4) is 0 Å². The Balaban J connectivity index is 1.98. The monoisotopic (exact) mass is 300 g/mol. The van der Waals surface area contributed by atoms with Gasteiger partial charge in [0.15, 0.2) is 0 Å². The lowest BCUT2D eigenvalue weighted by Crippen LogP contribution is -2.43. The number of aryl methyl sites for hydroxylation is 1. The van der Waals surface area contributed by atoms with Gasteiger partial charge in [-0.2, -0.15) is 0 Å². The summed E-state index contributed by atoms with van der Waals surface area (Å²) in [7, 11) is 4.17. The van der Waals surface area contributed by atoms with Crippen molar-refractivity contribution in [1.29, 1.82) is 0 Å². The summed E-state index contributed by atoms with van der Waals surface area (Å²) in [5.41, 5.74) is 5.16. The van der Waals surface area contributed by atoms with Gasteiger partial charge in [-0.15, -0.1) is 0 Å². The third-order valence-electron chi connectivity index (χ3n) is 4.87. The molecule has 4 heteroatoms. The highest BCUT2D eigenvalue weighted by molar-refractivity contribution is 6.64. The maximum absolute atomic E-state index is 11.6. The van der Waals surface area contributed by atoms with Gasteiger partial charge >= 0.3 is 0 Å². The van der Waals surface area contributed by atoms with E-state index in [0.29, 0.717) is 12.6 Å². The average Bonchev–Trinajstić information content (AvgIpc) is 2.78. The van der Waals surface area contributed by atoms with Gasteiger partial charge in [0, 0.05) is 36.7 Å². The van der Waals surface area contributed by atoms with E-state index in [1.54, 1.807) is 0 Å². The van der Waals surface area contributed by atoms with Crippen molar-refractivity contribution >= 4 is 33.3 Å². The fraction of sp³-hybridized carbons (Fsp3) is 0.353. The van der Waals surface area contributed by atoms with Crippen molar-refractivity contribution in [3.05, 3.63) is 41.6 Å². The van der Waals surface area contributed by atoms with Gasteiger partial charge in [0.25, 0.3) is 0 Å². The molecule has 0 spiro atoms. The first-order chi connectivity index (χ1) is 10.1. The van der Waals surface area contributed by atoms with Gasteiger partial charge in [0.05, 0.1) is 5.92 Å². The predicted molar refractivity (Wildman–Crippen MR) is 85.4 cm³/mol. The lowest BCUT2D eigenvalue weighted by molar-refractivity contribution is -0.114. The number of rotatable bonds is 1. The zero-order valence-electron chi connectivity index (χ0n) is 12.1. The number of carbonyl (C=O) groups excluding carboxylic acids is 1. The first-order valence-electron chi connectivity index (χ1n) is 7.25. The summed E-state index contributed by atoms with van der Waals surface area (Å²) in [6, 6.07) is 6.76. The molecule has 0 unspecified atom stereocenters. The summed E-state index contributed by atoms with van der Waals surface area (Å²) in [6.07, 6.45) is 5.32. The molecular formula is C17H17ClN2O. The van der Waals surface area contributed by atoms with Crippen LogP contribution >= 0.6 is 11.6 Å². The Labute approximate surface area is 128 Å². The molecule has 2 aliphatic rings. The first kappa shape index (κ1) is 13.1. The van der Waals surface area contributed by atoms with Crippen LogP contribution in [0.15, 0.2) is 30.5 Å². The quantitative estimate of drug-likeness (QED) is 0.757. The minimum absolute atomic E-state index is 0.205. The number of carbonyl (C=O) groups is 1. The molecule has 0 radical (unpaired) electrons. The van der Waals surface area contributed by atoms with E-state index in [-0.39, 0.29) is 11.2 Å². The van der Waals surface area contributed by atoms with Crippen LogP contribution in [-0.4, -0.2) is 34.3 Å². The fourth-order valence-corrected chi connectivity index (χ4v) is 4.00. The van der Waals surface area contributed by atoms with Crippen molar-refractivity contribution in [3.8, 4) is 0 Å². The van der Waals surface area contributed by atoms with Gasteiger partial charge in [-0.05, 0) is 47.8 Å². The summed E-state index contributed by atoms with van der Waals surface area (Å²) >= 11 is 5.75. The standard InChI is InChI=1S/C17H17ClN2O/c1-19-8-10-7-15-13(6-11(17(18)21)9-20(15)2)12-4-3-5-14(19)16(10)12/h3-6,8,11,15H,7,9H2,1-2H3/t11-,15-/m1/s1. The van der Waals surface area contributed by atoms with E-state index in [1.807, 2.05) is 0 Å². The van der Waals surface area contributed by atoms with Gasteiger partial charge in [0.2, 0.25) is 5.24 Å². The Morgan fingerprint density at radius 3 is 2.90 bits per heavy atom. The first-order valence-corrected chi connectivity index (χ1v) is 7.62. The summed E-state index contributed by atoms with van der Waals surface area (Å²) in [5.74, 6) is -0.205. The minimum Gasteiger partial charge on any atom is -0.350 e. The van der Waals surface area contributed by atoms with E-state index in [1.165, 1.54) is 27.6 Å². The second-order valence-corrected chi connectivity index (χ2v) is 6.53. The second kappa shape index (κ2) is 4.46. The molecule has 0 fully saturated rings. The number of fused-ring (bicyclic) bond motifs is 2. The van der Waals surface area contributed by atoms with Crippen LogP contribution in [0.4, 0.5) is 0 Å². The van der Waals surface area contributed by atoms with Crippen molar-refractivity contribution in [3.63, 3.8) is 0 Å². The summed E-state index contributed by atoms with van der Waals surface area (Å²) < 4.78 is 2.19. The highest BCUT2D eigenvalue weighted by Gasteiger charge is 2.35. The minimum atomic E-state index is -0.265. The second-order valence-electron chi connectivity index (χ2n) is 6.16. The number of likely N-dealkylation sites (N-methyl/N-ethyl adjacent to an activating group) is 1. The number of halogens is 1. The topological polar surface area (TPSA) is 25.2 Å². The lowest BCUT2D eigenvalue weighted by atomic mass is 9.80. The van der Waals surface area contributed by atoms with E-state index in [0.717, 1.165) is 6.42 Å². The largest absolute Gasteiger partial charge is 0.350 e. The van der Waals surface area contributed by atoms with Crippen LogP contribution in [0.2, 0.25) is 0 Å². The Morgan fingerprint density at radius 1 is 1.33 bits per heavy atom. The predicted octanol–water partition coefficient (Wildman–Crippen LogP) is 2.81. The number of nitrogens with zero attached hydrogens (tertiary/aromatic N) is 2. The van der Waals surface area contributed by atoms with Gasteiger partial charge in [-0.3, -0.25) is 9.69 Å². The number of hydrogen-bond acceptors (Lipinski definition) is 2. The number of benzene rings is 1. The smallest absolute Gasteiger partial charge is 0.229 e. The molecule has 1 aromatic carbocycles. The van der Waals surface area contributed by atoms with Gasteiger partial charge in [-0.1, -0.05) is 18.2 Å². The van der Waals surface area contributed by atoms with Crippen molar-refractivity contribution in [2.24, 2.45) is 13.0 Å². The van der Waals surface area contributed by atoms with E-state index in [4.69, 9.17) is 11.6 Å². The van der Waals surface area contributed by atoms with Crippen molar-refractivity contribution < 1.29 is 4.79 Å². The molecular weight excluding hydrogens is 284 g/mol. The molecule has 0 saturated carbocycles. The molecule has 1 aromatic heterocycles. The Bertz CT molecular complexity index is 789. The van der Waals surface area contributed by atoms with E-state index in [9.17, 15) is 4.79 Å². The van der Waals surface area contributed by atoms with Gasteiger partial charge < -0.3 is 4.57 Å². The molecule has 2 aromatic rings. The Kier molecular flexibility index (Phi) is 2.78. The molecule has 21 heavy (non-hydrogen) atoms. The molecule has 0 amide bonds. The SMILES string of the molecule is CN1C[C@H](C(=O)Cl)C=C2c3cccc4c3c(cn4C)C[C@H]21. The number of hydrogen-bond donors (Lipinski definition) is 0. The highest BCUT2D eigenvalue weighted by Crippen LogP contribution is 2.41. The molecule has 1 aliphatic carbocycles. The van der Waals surface area contributed by atoms with Crippen molar-refractivity contribution in [2.45, 2.75) is 12.5 Å². The van der Waals surface area contributed by atoms with Crippen LogP contribution in [0, 0.1) is 5.92 Å². The summed E-state index contributed by atoms with van der Waals surface area (Å²) in [4.78, 5) is 13.9. The molecule has 0 saturated heterocycles. The molecule has 0 bridgehead atoms. The Hall–Kier alpha value is -1.58. The van der Waals surface area contributed by atoms with Gasteiger partial charge in [-0.25, -0.2) is 0 Å². The normalized spacial score (nSPS) is 24.8. The molecule has 2 atom stereocenters. The van der Waals surface area contributed by atoms with E-state index in [2.05, 4.69) is 54.0 Å². The van der Waals surface area contributed by atoms with E-state index < -0.39 is 0 Å². The molecule has 108 valence electrons. The summed E-state index contributed by atoms with van der Waals surface area (Å²) in [5, 5.41) is 1.07. The van der Waals surface area contributed by atoms with Gasteiger partial charge in [0.1, 0.15) is 0 Å². The third-order valence-corrected chi connectivity index (χ3v) is 5.15.